The van der Waals surface area contributed by atoms with Gasteiger partial charge in [-0.25, -0.2) is 4.57 Å². The van der Waals surface area contributed by atoms with Gasteiger partial charge in [0.1, 0.15) is 0 Å². The summed E-state index contributed by atoms with van der Waals surface area (Å²) in [7, 11) is -4.18. The van der Waals surface area contributed by atoms with Crippen molar-refractivity contribution in [1.82, 2.24) is 5.32 Å². The van der Waals surface area contributed by atoms with E-state index in [1.165, 1.54) is 19.3 Å². The fourth-order valence-electron chi connectivity index (χ4n) is 5.35. The van der Waals surface area contributed by atoms with Gasteiger partial charge in [0.2, 0.25) is 5.91 Å². The standard InChI is InChI=1S/C17H30NO6P/c1-11(2)24-25(21,22)23-10-15(9-19)18-16(20)17-6-12-3-13(7-17)5-14(4-12)8-17/h11-15,19H,3-10H2,1-2H3,(H,18,20)(H,21,22)/t12-,13-,14?,15?,17?/m1/s1. The van der Waals surface area contributed by atoms with Crippen LogP contribution >= 0.6 is 7.82 Å². The average molecular weight is 375 g/mol. The van der Waals surface area contributed by atoms with Crippen molar-refractivity contribution < 1.29 is 28.4 Å². The molecule has 0 aromatic heterocycles. The third-order valence-electron chi connectivity index (χ3n) is 5.86. The van der Waals surface area contributed by atoms with Crippen molar-refractivity contribution in [2.45, 2.75) is 64.5 Å². The highest BCUT2D eigenvalue weighted by Gasteiger charge is 2.54. The predicted molar refractivity (Wildman–Crippen MR) is 91.6 cm³/mol. The van der Waals surface area contributed by atoms with E-state index in [0.29, 0.717) is 17.8 Å². The zero-order valence-corrected chi connectivity index (χ0v) is 15.9. The largest absolute Gasteiger partial charge is 0.472 e. The van der Waals surface area contributed by atoms with E-state index in [1.54, 1.807) is 13.8 Å². The second kappa shape index (κ2) is 7.28. The molecule has 1 amide bonds. The van der Waals surface area contributed by atoms with E-state index >= 15 is 0 Å². The Morgan fingerprint density at radius 2 is 1.72 bits per heavy atom. The Balaban J connectivity index is 1.57. The van der Waals surface area contributed by atoms with Crippen LogP contribution in [-0.2, 0) is 18.4 Å². The number of aliphatic hydroxyl groups excluding tert-OH is 1. The van der Waals surface area contributed by atoms with Crippen LogP contribution < -0.4 is 5.32 Å². The summed E-state index contributed by atoms with van der Waals surface area (Å²) in [6, 6.07) is -0.711. The highest BCUT2D eigenvalue weighted by atomic mass is 31.2. The molecule has 0 radical (unpaired) electrons. The number of aliphatic hydroxyl groups is 1. The van der Waals surface area contributed by atoms with Gasteiger partial charge >= 0.3 is 7.82 Å². The summed E-state index contributed by atoms with van der Waals surface area (Å²) in [4.78, 5) is 22.5. The molecule has 8 heteroatoms. The topological polar surface area (TPSA) is 105 Å². The Morgan fingerprint density at radius 3 is 2.16 bits per heavy atom. The molecule has 0 aliphatic heterocycles. The Hall–Kier alpha value is -0.460. The zero-order chi connectivity index (χ0) is 18.2. The van der Waals surface area contributed by atoms with Gasteiger partial charge in [-0.15, -0.1) is 0 Å². The highest BCUT2D eigenvalue weighted by Crippen LogP contribution is 2.60. The third kappa shape index (κ3) is 4.45. The number of carbonyl (C=O) groups excluding carboxylic acids is 1. The Bertz CT molecular complexity index is 516. The number of rotatable bonds is 8. The predicted octanol–water partition coefficient (Wildman–Crippen LogP) is 2.22. The van der Waals surface area contributed by atoms with E-state index in [4.69, 9.17) is 9.05 Å². The van der Waals surface area contributed by atoms with Gasteiger partial charge in [-0.1, -0.05) is 0 Å². The van der Waals surface area contributed by atoms with Gasteiger partial charge in [0, 0.05) is 5.41 Å². The van der Waals surface area contributed by atoms with E-state index in [9.17, 15) is 19.4 Å². The number of hydrogen-bond donors (Lipinski definition) is 3. The monoisotopic (exact) mass is 375 g/mol. The Labute approximate surface area is 149 Å². The number of nitrogens with one attached hydrogen (secondary N) is 1. The van der Waals surface area contributed by atoms with Gasteiger partial charge < -0.3 is 15.3 Å². The molecule has 0 heterocycles. The number of amides is 1. The molecule has 25 heavy (non-hydrogen) atoms. The minimum Gasteiger partial charge on any atom is -0.394 e. The minimum atomic E-state index is -4.18. The SMILES string of the molecule is CC(C)OP(=O)(O)OCC(CO)NC(=O)C12CC3C[C@H](C1)C[C@H](C3)C2. The molecule has 4 bridgehead atoms. The highest BCUT2D eigenvalue weighted by molar-refractivity contribution is 7.47. The molecule has 144 valence electrons. The molecular weight excluding hydrogens is 345 g/mol. The summed E-state index contributed by atoms with van der Waals surface area (Å²) in [5, 5.41) is 12.4. The van der Waals surface area contributed by atoms with Crippen LogP contribution in [0, 0.1) is 23.2 Å². The van der Waals surface area contributed by atoms with Crippen LogP contribution in [-0.4, -0.2) is 41.3 Å². The van der Waals surface area contributed by atoms with E-state index in [2.05, 4.69) is 5.32 Å². The first-order valence-corrected chi connectivity index (χ1v) is 10.8. The second-order valence-corrected chi connectivity index (χ2v) is 9.88. The summed E-state index contributed by atoms with van der Waals surface area (Å²) in [5.41, 5.74) is -0.320. The first kappa shape index (κ1) is 19.3. The Morgan fingerprint density at radius 1 is 1.20 bits per heavy atom. The summed E-state index contributed by atoms with van der Waals surface area (Å²) < 4.78 is 21.5. The van der Waals surface area contributed by atoms with Crippen LogP contribution in [0.15, 0.2) is 0 Å². The van der Waals surface area contributed by atoms with Crippen LogP contribution in [0.25, 0.3) is 0 Å². The molecule has 2 atom stereocenters. The van der Waals surface area contributed by atoms with Crippen LogP contribution in [0.2, 0.25) is 0 Å². The summed E-state index contributed by atoms with van der Waals surface area (Å²) in [6.45, 7) is 2.66. The van der Waals surface area contributed by atoms with Crippen molar-refractivity contribution in [3.63, 3.8) is 0 Å². The molecular formula is C17H30NO6P. The molecule has 4 saturated carbocycles. The van der Waals surface area contributed by atoms with Gasteiger partial charge in [-0.05, 0) is 70.1 Å². The van der Waals surface area contributed by atoms with E-state index < -0.39 is 20.0 Å². The number of carbonyl (C=O) groups is 1. The van der Waals surface area contributed by atoms with Crippen molar-refractivity contribution in [2.75, 3.05) is 13.2 Å². The van der Waals surface area contributed by atoms with Crippen LogP contribution in [0.3, 0.4) is 0 Å². The fourth-order valence-corrected chi connectivity index (χ4v) is 6.31. The molecule has 0 aromatic carbocycles. The molecule has 2 unspecified atom stereocenters. The van der Waals surface area contributed by atoms with E-state index in [-0.39, 0.29) is 24.5 Å². The lowest BCUT2D eigenvalue weighted by molar-refractivity contribution is -0.147. The van der Waals surface area contributed by atoms with Crippen molar-refractivity contribution in [3.8, 4) is 0 Å². The molecule has 7 nitrogen and oxygen atoms in total. The quantitative estimate of drug-likeness (QED) is 0.562. The van der Waals surface area contributed by atoms with Crippen LogP contribution in [0.1, 0.15) is 52.4 Å². The Kier molecular flexibility index (Phi) is 5.62. The van der Waals surface area contributed by atoms with E-state index in [1.807, 2.05) is 0 Å². The maximum Gasteiger partial charge on any atom is 0.472 e. The van der Waals surface area contributed by atoms with Crippen LogP contribution in [0.4, 0.5) is 0 Å². The molecule has 0 saturated heterocycles. The van der Waals surface area contributed by atoms with Gasteiger partial charge in [-0.3, -0.25) is 13.8 Å². The third-order valence-corrected chi connectivity index (χ3v) is 7.02. The maximum atomic E-state index is 12.9. The van der Waals surface area contributed by atoms with Gasteiger partial charge in [0.15, 0.2) is 0 Å². The van der Waals surface area contributed by atoms with Gasteiger partial charge in [-0.2, -0.15) is 0 Å². The summed E-state index contributed by atoms with van der Waals surface area (Å²) in [5.74, 6) is 1.92. The maximum absolute atomic E-state index is 12.9. The fraction of sp³-hybridized carbons (Fsp3) is 0.941. The molecule has 0 aromatic rings. The normalized spacial score (nSPS) is 37.1. The number of phosphoric ester groups is 1. The molecule has 3 N–H and O–H groups in total. The smallest absolute Gasteiger partial charge is 0.394 e. The lowest BCUT2D eigenvalue weighted by Crippen LogP contribution is -2.56. The molecule has 4 aliphatic carbocycles. The zero-order valence-electron chi connectivity index (χ0n) is 15.0. The van der Waals surface area contributed by atoms with E-state index in [0.717, 1.165) is 19.3 Å². The molecule has 4 rings (SSSR count). The van der Waals surface area contributed by atoms with Gasteiger partial charge in [0.25, 0.3) is 0 Å². The van der Waals surface area contributed by atoms with Crippen molar-refractivity contribution in [2.24, 2.45) is 23.2 Å². The summed E-state index contributed by atoms with van der Waals surface area (Å²) in [6.07, 6.45) is 6.08. The minimum absolute atomic E-state index is 0.0354. The molecule has 4 fully saturated rings. The molecule has 0 spiro atoms. The average Bonchev–Trinajstić information content (AvgIpc) is 2.48. The summed E-state index contributed by atoms with van der Waals surface area (Å²) >= 11 is 0. The molecule has 4 aliphatic rings. The first-order valence-electron chi connectivity index (χ1n) is 9.29. The number of phosphoric acid groups is 1. The van der Waals surface area contributed by atoms with Crippen LogP contribution in [0.5, 0.6) is 0 Å². The second-order valence-electron chi connectivity index (χ2n) is 8.47. The van der Waals surface area contributed by atoms with Crippen molar-refractivity contribution in [1.29, 1.82) is 0 Å². The van der Waals surface area contributed by atoms with Gasteiger partial charge in [0.05, 0.1) is 25.4 Å². The first-order chi connectivity index (χ1) is 11.7. The lowest BCUT2D eigenvalue weighted by Gasteiger charge is -2.55. The lowest BCUT2D eigenvalue weighted by atomic mass is 9.49. The number of hydrogen-bond acceptors (Lipinski definition) is 5. The van der Waals surface area contributed by atoms with Crippen molar-refractivity contribution in [3.05, 3.63) is 0 Å². The van der Waals surface area contributed by atoms with Crippen molar-refractivity contribution >= 4 is 13.7 Å².